The van der Waals surface area contributed by atoms with Gasteiger partial charge in [0.05, 0.1) is 18.2 Å². The molecule has 5 heteroatoms. The van der Waals surface area contributed by atoms with Crippen molar-refractivity contribution >= 4 is 0 Å². The molecule has 0 radical (unpaired) electrons. The fourth-order valence-electron chi connectivity index (χ4n) is 1.07. The minimum atomic E-state index is -1.71. The first kappa shape index (κ1) is 8.86. The van der Waals surface area contributed by atoms with Gasteiger partial charge in [0.1, 0.15) is 0 Å². The van der Waals surface area contributed by atoms with E-state index in [4.69, 9.17) is 15.9 Å². The Morgan fingerprint density at radius 2 is 2.00 bits per heavy atom. The normalized spacial score (nSPS) is 52.6. The average Bonchev–Trinajstić information content (AvgIpc) is 1.97. The Kier molecular flexibility index (Phi) is 2.43. The van der Waals surface area contributed by atoms with Crippen LogP contribution < -0.4 is 5.73 Å². The number of rotatable bonds is 0. The van der Waals surface area contributed by atoms with Crippen molar-refractivity contribution in [3.8, 4) is 0 Å². The summed E-state index contributed by atoms with van der Waals surface area (Å²) in [5.74, 6) is 0. The second kappa shape index (κ2) is 3.02. The predicted molar refractivity (Wildman–Crippen MR) is 35.4 cm³/mol. The van der Waals surface area contributed by atoms with Crippen LogP contribution in [0.4, 0.5) is 4.39 Å². The average molecular weight is 165 g/mol. The van der Waals surface area contributed by atoms with E-state index < -0.39 is 30.7 Å². The highest BCUT2D eigenvalue weighted by Gasteiger charge is 2.40. The summed E-state index contributed by atoms with van der Waals surface area (Å²) in [6.45, 7) is 1.53. The van der Waals surface area contributed by atoms with Crippen LogP contribution in [-0.2, 0) is 4.74 Å². The number of hydrogen-bond donors (Lipinski definition) is 3. The fourth-order valence-corrected chi connectivity index (χ4v) is 1.07. The van der Waals surface area contributed by atoms with Gasteiger partial charge in [-0.05, 0) is 6.92 Å². The molecule has 0 spiro atoms. The molecule has 0 aromatic heterocycles. The van der Waals surface area contributed by atoms with Gasteiger partial charge in [-0.3, -0.25) is 0 Å². The highest BCUT2D eigenvalue weighted by atomic mass is 19.1. The summed E-state index contributed by atoms with van der Waals surface area (Å²) >= 11 is 0. The Morgan fingerprint density at radius 3 is 2.55 bits per heavy atom. The lowest BCUT2D eigenvalue weighted by Gasteiger charge is -2.36. The molecule has 11 heavy (non-hydrogen) atoms. The number of nitrogens with two attached hydrogens (primary N) is 1. The molecule has 0 aromatic rings. The van der Waals surface area contributed by atoms with Crippen LogP contribution in [0.15, 0.2) is 0 Å². The molecule has 0 unspecified atom stereocenters. The van der Waals surface area contributed by atoms with E-state index >= 15 is 0 Å². The molecule has 5 atom stereocenters. The summed E-state index contributed by atoms with van der Waals surface area (Å²) in [5, 5.41) is 18.0. The highest BCUT2D eigenvalue weighted by Crippen LogP contribution is 2.19. The van der Waals surface area contributed by atoms with E-state index in [-0.39, 0.29) is 0 Å². The van der Waals surface area contributed by atoms with Crippen molar-refractivity contribution in [2.75, 3.05) is 0 Å². The second-order valence-electron chi connectivity index (χ2n) is 2.74. The Labute approximate surface area is 63.8 Å². The Morgan fingerprint density at radius 1 is 1.45 bits per heavy atom. The fraction of sp³-hybridized carbons (Fsp3) is 1.00. The molecule has 4 N–H and O–H groups in total. The Balaban J connectivity index is 2.63. The summed E-state index contributed by atoms with van der Waals surface area (Å²) in [5.41, 5.74) is 5.24. The van der Waals surface area contributed by atoms with Crippen LogP contribution in [0.5, 0.6) is 0 Å². The summed E-state index contributed by atoms with van der Waals surface area (Å²) in [6, 6.07) is -1.06. The van der Waals surface area contributed by atoms with Crippen molar-refractivity contribution in [2.45, 2.75) is 37.6 Å². The maximum absolute atomic E-state index is 12.7. The lowest BCUT2D eigenvalue weighted by molar-refractivity contribution is -0.231. The molecule has 0 saturated carbocycles. The molecule has 1 fully saturated rings. The molecule has 1 heterocycles. The van der Waals surface area contributed by atoms with Crippen molar-refractivity contribution in [1.29, 1.82) is 0 Å². The minimum Gasteiger partial charge on any atom is -0.389 e. The van der Waals surface area contributed by atoms with E-state index in [0.29, 0.717) is 0 Å². The van der Waals surface area contributed by atoms with Gasteiger partial charge in [0.25, 0.3) is 0 Å². The first-order chi connectivity index (χ1) is 5.04. The first-order valence-corrected chi connectivity index (χ1v) is 3.45. The molecule has 66 valence electrons. The van der Waals surface area contributed by atoms with E-state index in [1.807, 2.05) is 0 Å². The summed E-state index contributed by atoms with van der Waals surface area (Å²) in [7, 11) is 0. The zero-order chi connectivity index (χ0) is 8.59. The molecule has 1 aliphatic heterocycles. The smallest absolute Gasteiger partial charge is 0.188 e. The van der Waals surface area contributed by atoms with Crippen molar-refractivity contribution < 1.29 is 19.3 Å². The Hall–Kier alpha value is -0.230. The van der Waals surface area contributed by atoms with Gasteiger partial charge in [-0.15, -0.1) is 0 Å². The molecule has 1 aliphatic rings. The molecule has 1 rings (SSSR count). The largest absolute Gasteiger partial charge is 0.389 e. The maximum Gasteiger partial charge on any atom is 0.188 e. The number of aliphatic hydroxyl groups excluding tert-OH is 2. The molecular weight excluding hydrogens is 153 g/mol. The van der Waals surface area contributed by atoms with Gasteiger partial charge in [0, 0.05) is 0 Å². The van der Waals surface area contributed by atoms with Crippen LogP contribution >= 0.6 is 0 Å². The third-order valence-corrected chi connectivity index (χ3v) is 1.87. The summed E-state index contributed by atoms with van der Waals surface area (Å²) in [6.07, 6.45) is -4.88. The quantitative estimate of drug-likeness (QED) is 0.419. The topological polar surface area (TPSA) is 75.7 Å². The highest BCUT2D eigenvalue weighted by molar-refractivity contribution is 4.89. The van der Waals surface area contributed by atoms with Gasteiger partial charge in [-0.25, -0.2) is 4.39 Å². The van der Waals surface area contributed by atoms with Gasteiger partial charge in [0.15, 0.2) is 12.5 Å². The van der Waals surface area contributed by atoms with Gasteiger partial charge >= 0.3 is 0 Å². The maximum atomic E-state index is 12.7. The molecule has 1 saturated heterocycles. The van der Waals surface area contributed by atoms with E-state index in [1.54, 1.807) is 0 Å². The van der Waals surface area contributed by atoms with Gasteiger partial charge < -0.3 is 20.7 Å². The number of ether oxygens (including phenoxy) is 1. The number of alkyl halides is 1. The van der Waals surface area contributed by atoms with E-state index in [2.05, 4.69) is 4.74 Å². The van der Waals surface area contributed by atoms with Crippen LogP contribution in [0.3, 0.4) is 0 Å². The molecule has 0 aliphatic carbocycles. The number of hydrogen-bond acceptors (Lipinski definition) is 4. The van der Waals surface area contributed by atoms with Gasteiger partial charge in [0.2, 0.25) is 0 Å². The van der Waals surface area contributed by atoms with Gasteiger partial charge in [-0.1, -0.05) is 0 Å². The predicted octanol–water partition coefficient (Wildman–Crippen LogP) is -1.25. The molecular formula is C6H12FNO3. The third-order valence-electron chi connectivity index (χ3n) is 1.87. The van der Waals surface area contributed by atoms with E-state index in [1.165, 1.54) is 6.92 Å². The summed E-state index contributed by atoms with van der Waals surface area (Å²) in [4.78, 5) is 0. The van der Waals surface area contributed by atoms with Crippen LogP contribution in [0.2, 0.25) is 0 Å². The van der Waals surface area contributed by atoms with Crippen molar-refractivity contribution in [2.24, 2.45) is 5.73 Å². The molecule has 4 nitrogen and oxygen atoms in total. The monoisotopic (exact) mass is 165 g/mol. The number of halogens is 1. The van der Waals surface area contributed by atoms with Crippen molar-refractivity contribution in [3.05, 3.63) is 0 Å². The van der Waals surface area contributed by atoms with Gasteiger partial charge in [-0.2, -0.15) is 0 Å². The molecule has 0 amide bonds. The first-order valence-electron chi connectivity index (χ1n) is 3.45. The molecule has 0 bridgehead atoms. The zero-order valence-corrected chi connectivity index (χ0v) is 6.14. The van der Waals surface area contributed by atoms with E-state index in [9.17, 15) is 4.39 Å². The minimum absolute atomic E-state index is 0.619. The summed E-state index contributed by atoms with van der Waals surface area (Å²) < 4.78 is 17.4. The van der Waals surface area contributed by atoms with Crippen LogP contribution in [0.25, 0.3) is 0 Å². The lowest BCUT2D eigenvalue weighted by Crippen LogP contribution is -2.58. The third kappa shape index (κ3) is 1.51. The van der Waals surface area contributed by atoms with Crippen molar-refractivity contribution in [1.82, 2.24) is 0 Å². The van der Waals surface area contributed by atoms with Crippen LogP contribution in [0.1, 0.15) is 6.92 Å². The SMILES string of the molecule is C[C@H]1O[C@@H](O)[C@H](F)[C@H](N)[C@@H]1O. The van der Waals surface area contributed by atoms with E-state index in [0.717, 1.165) is 0 Å². The van der Waals surface area contributed by atoms with Crippen molar-refractivity contribution in [3.63, 3.8) is 0 Å². The molecule has 0 aromatic carbocycles. The second-order valence-corrected chi connectivity index (χ2v) is 2.74. The standard InChI is InChI=1S/C6H12FNO3/c1-2-5(9)4(8)3(7)6(10)11-2/h2-6,9-10H,8H2,1H3/t2-,3-,4+,5-,6-/m1/s1. The lowest BCUT2D eigenvalue weighted by atomic mass is 9.99. The number of aliphatic hydroxyl groups is 2. The van der Waals surface area contributed by atoms with Crippen LogP contribution in [-0.4, -0.2) is 40.9 Å². The zero-order valence-electron chi connectivity index (χ0n) is 6.14. The van der Waals surface area contributed by atoms with Crippen LogP contribution in [0, 0.1) is 0 Å². The Bertz CT molecular complexity index is 132.